The molecule has 3 aromatic carbocycles. The number of amides is 2. The van der Waals surface area contributed by atoms with E-state index >= 15 is 0 Å². The van der Waals surface area contributed by atoms with Crippen molar-refractivity contribution in [2.24, 2.45) is 0 Å². The number of sulfonamides is 1. The number of aryl methyl sites for hydroxylation is 1. The van der Waals surface area contributed by atoms with E-state index in [4.69, 9.17) is 21.1 Å². The van der Waals surface area contributed by atoms with Crippen LogP contribution in [0.5, 0.6) is 11.5 Å². The van der Waals surface area contributed by atoms with Crippen LogP contribution in [0.25, 0.3) is 0 Å². The lowest BCUT2D eigenvalue weighted by Gasteiger charge is -2.32. The SMILES string of the molecule is CCC(C)NC(=O)C(C)N(Cc1ccc(Cl)cc1)C(=O)CN(c1ccc(C)cc1)S(=O)(=O)c1ccc(OC)c(OC)c1. The van der Waals surface area contributed by atoms with Gasteiger partial charge in [0.15, 0.2) is 11.5 Å². The summed E-state index contributed by atoms with van der Waals surface area (Å²) >= 11 is 6.06. The van der Waals surface area contributed by atoms with Gasteiger partial charge in [0.2, 0.25) is 11.8 Å². The predicted molar refractivity (Wildman–Crippen MR) is 165 cm³/mol. The number of anilines is 1. The topological polar surface area (TPSA) is 105 Å². The molecule has 9 nitrogen and oxygen atoms in total. The number of hydrogen-bond donors (Lipinski definition) is 1. The van der Waals surface area contributed by atoms with E-state index in [0.29, 0.717) is 22.9 Å². The van der Waals surface area contributed by atoms with Crippen LogP contribution in [0, 0.1) is 6.92 Å². The van der Waals surface area contributed by atoms with Gasteiger partial charge < -0.3 is 19.7 Å². The zero-order valence-electron chi connectivity index (χ0n) is 24.8. The summed E-state index contributed by atoms with van der Waals surface area (Å²) in [5.74, 6) is -0.296. The first kappa shape index (κ1) is 32.8. The third-order valence-electron chi connectivity index (χ3n) is 6.98. The molecule has 3 rings (SSSR count). The van der Waals surface area contributed by atoms with E-state index in [1.807, 2.05) is 20.8 Å². The summed E-state index contributed by atoms with van der Waals surface area (Å²) in [7, 11) is -1.40. The molecule has 0 aromatic heterocycles. The molecule has 11 heteroatoms. The Morgan fingerprint density at radius 3 is 2.12 bits per heavy atom. The quantitative estimate of drug-likeness (QED) is 0.284. The van der Waals surface area contributed by atoms with Crippen LogP contribution in [0.2, 0.25) is 5.02 Å². The molecule has 226 valence electrons. The third-order valence-corrected chi connectivity index (χ3v) is 9.00. The molecular formula is C31H38ClN3O6S. The number of methoxy groups -OCH3 is 2. The van der Waals surface area contributed by atoms with Crippen molar-refractivity contribution in [1.82, 2.24) is 10.2 Å². The molecule has 0 aliphatic heterocycles. The molecule has 0 radical (unpaired) electrons. The van der Waals surface area contributed by atoms with Gasteiger partial charge in [-0.3, -0.25) is 13.9 Å². The number of nitrogens with one attached hydrogen (secondary N) is 1. The average molecular weight is 616 g/mol. The maximum atomic E-state index is 14.1. The zero-order valence-corrected chi connectivity index (χ0v) is 26.3. The number of nitrogens with zero attached hydrogens (tertiary/aromatic N) is 2. The van der Waals surface area contributed by atoms with E-state index < -0.39 is 28.5 Å². The van der Waals surface area contributed by atoms with Crippen LogP contribution in [0.3, 0.4) is 0 Å². The number of carbonyl (C=O) groups excluding carboxylic acids is 2. The second kappa shape index (κ2) is 14.4. The minimum atomic E-state index is -4.27. The summed E-state index contributed by atoms with van der Waals surface area (Å²) in [6.45, 7) is 6.87. The van der Waals surface area contributed by atoms with Gasteiger partial charge in [-0.15, -0.1) is 0 Å². The molecule has 42 heavy (non-hydrogen) atoms. The lowest BCUT2D eigenvalue weighted by atomic mass is 10.1. The monoisotopic (exact) mass is 615 g/mol. The Labute approximate surface area is 253 Å². The summed E-state index contributed by atoms with van der Waals surface area (Å²) in [5.41, 5.74) is 1.96. The van der Waals surface area contributed by atoms with Gasteiger partial charge in [0.1, 0.15) is 12.6 Å². The molecule has 0 aliphatic carbocycles. The molecule has 0 saturated heterocycles. The van der Waals surface area contributed by atoms with Crippen LogP contribution >= 0.6 is 11.6 Å². The van der Waals surface area contributed by atoms with Crippen molar-refractivity contribution in [2.45, 2.75) is 57.6 Å². The van der Waals surface area contributed by atoms with Crippen molar-refractivity contribution in [3.05, 3.63) is 82.9 Å². The van der Waals surface area contributed by atoms with E-state index in [1.54, 1.807) is 55.5 Å². The summed E-state index contributed by atoms with van der Waals surface area (Å²) in [6, 6.07) is 17.0. The molecule has 2 unspecified atom stereocenters. The van der Waals surface area contributed by atoms with Crippen LogP contribution in [0.1, 0.15) is 38.3 Å². The van der Waals surface area contributed by atoms with E-state index in [2.05, 4.69) is 5.32 Å². The van der Waals surface area contributed by atoms with Gasteiger partial charge in [0.25, 0.3) is 10.0 Å². The molecule has 0 aliphatic rings. The Kier molecular flexibility index (Phi) is 11.2. The highest BCUT2D eigenvalue weighted by molar-refractivity contribution is 7.92. The van der Waals surface area contributed by atoms with Crippen LogP contribution in [-0.2, 0) is 26.2 Å². The highest BCUT2D eigenvalue weighted by Gasteiger charge is 2.33. The highest BCUT2D eigenvalue weighted by Crippen LogP contribution is 2.32. The second-order valence-electron chi connectivity index (χ2n) is 10.0. The third kappa shape index (κ3) is 7.95. The number of benzene rings is 3. The Balaban J connectivity index is 2.06. The standard InChI is InChI=1S/C31H38ClN3O6S/c1-7-22(3)33-31(37)23(4)34(19-24-10-12-25(32)13-11-24)30(36)20-35(26-14-8-21(2)9-15-26)42(38,39)27-16-17-28(40-5)29(18-27)41-6/h8-18,22-23H,7,19-20H2,1-6H3,(H,33,37). The van der Waals surface area contributed by atoms with Crippen molar-refractivity contribution in [2.75, 3.05) is 25.1 Å². The molecule has 3 aromatic rings. The summed E-state index contributed by atoms with van der Waals surface area (Å²) in [6.07, 6.45) is 0.717. The number of ether oxygens (including phenoxy) is 2. The van der Waals surface area contributed by atoms with Gasteiger partial charge >= 0.3 is 0 Å². The number of halogens is 1. The van der Waals surface area contributed by atoms with Crippen LogP contribution in [0.4, 0.5) is 5.69 Å². The molecule has 0 saturated carbocycles. The highest BCUT2D eigenvalue weighted by atomic mass is 35.5. The van der Waals surface area contributed by atoms with Gasteiger partial charge in [-0.1, -0.05) is 48.4 Å². The van der Waals surface area contributed by atoms with Gasteiger partial charge in [0, 0.05) is 23.7 Å². The summed E-state index contributed by atoms with van der Waals surface area (Å²) in [4.78, 5) is 28.5. The number of hydrogen-bond acceptors (Lipinski definition) is 6. The minimum Gasteiger partial charge on any atom is -0.493 e. The van der Waals surface area contributed by atoms with Crippen molar-refractivity contribution < 1.29 is 27.5 Å². The van der Waals surface area contributed by atoms with Gasteiger partial charge in [-0.2, -0.15) is 0 Å². The second-order valence-corrected chi connectivity index (χ2v) is 12.3. The first-order valence-corrected chi connectivity index (χ1v) is 15.4. The molecule has 0 fully saturated rings. The lowest BCUT2D eigenvalue weighted by Crippen LogP contribution is -2.52. The smallest absolute Gasteiger partial charge is 0.264 e. The van der Waals surface area contributed by atoms with Gasteiger partial charge in [-0.05, 0) is 69.2 Å². The molecule has 1 N–H and O–H groups in total. The first-order valence-electron chi connectivity index (χ1n) is 13.6. The average Bonchev–Trinajstić information content (AvgIpc) is 2.98. The largest absolute Gasteiger partial charge is 0.493 e. The summed E-state index contributed by atoms with van der Waals surface area (Å²) < 4.78 is 39.8. The van der Waals surface area contributed by atoms with Gasteiger partial charge in [0.05, 0.1) is 24.8 Å². The Hall–Kier alpha value is -3.76. The van der Waals surface area contributed by atoms with Crippen LogP contribution in [0.15, 0.2) is 71.6 Å². The Bertz CT molecular complexity index is 1480. The van der Waals surface area contributed by atoms with Gasteiger partial charge in [-0.25, -0.2) is 8.42 Å². The molecule has 0 bridgehead atoms. The number of rotatable bonds is 13. The zero-order chi connectivity index (χ0) is 31.0. The minimum absolute atomic E-state index is 0.0727. The maximum absolute atomic E-state index is 14.1. The number of carbonyl (C=O) groups is 2. The Morgan fingerprint density at radius 1 is 0.929 bits per heavy atom. The van der Waals surface area contributed by atoms with Crippen molar-refractivity contribution in [1.29, 1.82) is 0 Å². The van der Waals surface area contributed by atoms with E-state index in [9.17, 15) is 18.0 Å². The molecule has 2 amide bonds. The maximum Gasteiger partial charge on any atom is 0.264 e. The van der Waals surface area contributed by atoms with Crippen molar-refractivity contribution in [3.63, 3.8) is 0 Å². The molecular weight excluding hydrogens is 578 g/mol. The molecule has 0 heterocycles. The fourth-order valence-corrected chi connectivity index (χ4v) is 5.73. The molecule has 2 atom stereocenters. The van der Waals surface area contributed by atoms with Crippen molar-refractivity contribution >= 4 is 39.1 Å². The van der Waals surface area contributed by atoms with E-state index in [1.165, 1.54) is 37.3 Å². The van der Waals surface area contributed by atoms with Crippen LogP contribution < -0.4 is 19.1 Å². The van der Waals surface area contributed by atoms with Crippen molar-refractivity contribution in [3.8, 4) is 11.5 Å². The van der Waals surface area contributed by atoms with E-state index in [0.717, 1.165) is 15.4 Å². The predicted octanol–water partition coefficient (Wildman–Crippen LogP) is 5.19. The van der Waals surface area contributed by atoms with Crippen LogP contribution in [-0.4, -0.2) is 58.0 Å². The molecule has 0 spiro atoms. The lowest BCUT2D eigenvalue weighted by molar-refractivity contribution is -0.139. The first-order chi connectivity index (χ1) is 19.9. The Morgan fingerprint density at radius 2 is 1.55 bits per heavy atom. The summed E-state index contributed by atoms with van der Waals surface area (Å²) in [5, 5.41) is 3.45. The van der Waals surface area contributed by atoms with E-state index in [-0.39, 0.29) is 29.1 Å². The normalized spacial score (nSPS) is 12.6. The fourth-order valence-electron chi connectivity index (χ4n) is 4.18. The fraction of sp³-hybridized carbons (Fsp3) is 0.355.